The molecule has 106 valence electrons. The Balaban J connectivity index is 2.41. The van der Waals surface area contributed by atoms with E-state index in [0.717, 1.165) is 5.56 Å². The van der Waals surface area contributed by atoms with Crippen molar-refractivity contribution in [3.8, 4) is 0 Å². The highest BCUT2D eigenvalue weighted by Gasteiger charge is 2.69. The highest BCUT2D eigenvalue weighted by Crippen LogP contribution is 2.62. The zero-order valence-electron chi connectivity index (χ0n) is 11.4. The first kappa shape index (κ1) is 14.5. The van der Waals surface area contributed by atoms with Gasteiger partial charge in [0.05, 0.1) is 11.9 Å². The van der Waals surface area contributed by atoms with Crippen molar-refractivity contribution < 1.29 is 13.2 Å². The van der Waals surface area contributed by atoms with Gasteiger partial charge in [-0.2, -0.15) is 0 Å². The molecule has 0 amide bonds. The van der Waals surface area contributed by atoms with E-state index in [1.165, 1.54) is 0 Å². The molecular formula is C14H21NO3S. The molecule has 1 aliphatic carbocycles. The van der Waals surface area contributed by atoms with E-state index in [1.807, 2.05) is 30.3 Å². The van der Waals surface area contributed by atoms with Gasteiger partial charge < -0.3 is 10.5 Å². The van der Waals surface area contributed by atoms with Gasteiger partial charge in [-0.25, -0.2) is 8.42 Å². The summed E-state index contributed by atoms with van der Waals surface area (Å²) in [5, 5.41) is -0.419. The Kier molecular flexibility index (Phi) is 3.99. The Bertz CT molecular complexity index is 529. The van der Waals surface area contributed by atoms with Crippen LogP contribution in [0.25, 0.3) is 0 Å². The first-order valence-corrected chi connectivity index (χ1v) is 8.20. The summed E-state index contributed by atoms with van der Waals surface area (Å²) < 4.78 is 29.8. The summed E-state index contributed by atoms with van der Waals surface area (Å²) >= 11 is 0. The second-order valence-corrected chi connectivity index (χ2v) is 7.54. The second-order valence-electron chi connectivity index (χ2n) is 5.13. The van der Waals surface area contributed by atoms with Gasteiger partial charge in [-0.15, -0.1) is 0 Å². The first-order chi connectivity index (χ1) is 9.03. The van der Waals surface area contributed by atoms with E-state index in [9.17, 15) is 8.42 Å². The summed E-state index contributed by atoms with van der Waals surface area (Å²) in [4.78, 5) is 0. The van der Waals surface area contributed by atoms with Gasteiger partial charge in [-0.3, -0.25) is 0 Å². The minimum absolute atomic E-state index is 0.0522. The van der Waals surface area contributed by atoms with Gasteiger partial charge in [-0.05, 0) is 5.56 Å². The number of methoxy groups -OCH3 is 1. The second kappa shape index (κ2) is 5.23. The van der Waals surface area contributed by atoms with Crippen LogP contribution >= 0.6 is 0 Å². The molecule has 0 spiro atoms. The number of rotatable bonds is 6. The minimum Gasteiger partial charge on any atom is -0.384 e. The maximum absolute atomic E-state index is 12.3. The molecule has 5 heteroatoms. The van der Waals surface area contributed by atoms with E-state index in [0.29, 0.717) is 13.2 Å². The van der Waals surface area contributed by atoms with Crippen LogP contribution in [0.5, 0.6) is 0 Å². The van der Waals surface area contributed by atoms with Crippen LogP contribution in [-0.2, 0) is 14.6 Å². The quantitative estimate of drug-likeness (QED) is 0.851. The molecule has 1 aromatic carbocycles. The van der Waals surface area contributed by atoms with E-state index < -0.39 is 20.5 Å². The van der Waals surface area contributed by atoms with E-state index in [4.69, 9.17) is 10.5 Å². The lowest BCUT2D eigenvalue weighted by atomic mass is 10.0. The molecule has 0 saturated heterocycles. The third-order valence-corrected chi connectivity index (χ3v) is 6.44. The van der Waals surface area contributed by atoms with Crippen molar-refractivity contribution in [2.45, 2.75) is 18.1 Å². The van der Waals surface area contributed by atoms with Crippen LogP contribution in [-0.4, -0.2) is 39.7 Å². The molecule has 19 heavy (non-hydrogen) atoms. The number of benzene rings is 1. The van der Waals surface area contributed by atoms with Crippen LogP contribution in [0, 0.1) is 5.41 Å². The fourth-order valence-electron chi connectivity index (χ4n) is 3.11. The number of hydrogen-bond acceptors (Lipinski definition) is 4. The topological polar surface area (TPSA) is 69.4 Å². The van der Waals surface area contributed by atoms with Crippen LogP contribution < -0.4 is 5.73 Å². The molecular weight excluding hydrogens is 262 g/mol. The maximum Gasteiger partial charge on any atom is 0.154 e. The van der Waals surface area contributed by atoms with E-state index in [-0.39, 0.29) is 11.7 Å². The Hall–Kier alpha value is -0.910. The van der Waals surface area contributed by atoms with Gasteiger partial charge in [-0.1, -0.05) is 37.3 Å². The maximum atomic E-state index is 12.3. The molecule has 4 nitrogen and oxygen atoms in total. The molecule has 0 bridgehead atoms. The van der Waals surface area contributed by atoms with Crippen molar-refractivity contribution in [2.24, 2.45) is 11.1 Å². The molecule has 0 aromatic heterocycles. The smallest absolute Gasteiger partial charge is 0.154 e. The van der Waals surface area contributed by atoms with Crippen molar-refractivity contribution in [3.05, 3.63) is 35.9 Å². The third-order valence-electron chi connectivity index (χ3n) is 4.12. The van der Waals surface area contributed by atoms with Gasteiger partial charge in [0, 0.05) is 30.7 Å². The average molecular weight is 283 g/mol. The predicted molar refractivity (Wildman–Crippen MR) is 75.8 cm³/mol. The molecule has 1 aliphatic rings. The summed E-state index contributed by atoms with van der Waals surface area (Å²) in [7, 11) is -1.53. The number of sulfone groups is 1. The zero-order valence-corrected chi connectivity index (χ0v) is 12.2. The van der Waals surface area contributed by atoms with Crippen LogP contribution in [0.4, 0.5) is 0 Å². The van der Waals surface area contributed by atoms with E-state index in [2.05, 4.69) is 0 Å². The number of nitrogens with two attached hydrogens (primary N) is 1. The fourth-order valence-corrected chi connectivity index (χ4v) is 5.26. The van der Waals surface area contributed by atoms with Crippen molar-refractivity contribution in [3.63, 3.8) is 0 Å². The van der Waals surface area contributed by atoms with Crippen LogP contribution in [0.1, 0.15) is 18.4 Å². The van der Waals surface area contributed by atoms with Crippen molar-refractivity contribution in [1.82, 2.24) is 0 Å². The minimum atomic E-state index is -3.12. The molecule has 1 aromatic rings. The van der Waals surface area contributed by atoms with Crippen LogP contribution in [0.3, 0.4) is 0 Å². The molecule has 1 saturated carbocycles. The van der Waals surface area contributed by atoms with Gasteiger partial charge >= 0.3 is 0 Å². The molecule has 0 radical (unpaired) electrons. The molecule has 2 rings (SSSR count). The number of ether oxygens (including phenoxy) is 1. The largest absolute Gasteiger partial charge is 0.384 e. The fraction of sp³-hybridized carbons (Fsp3) is 0.571. The lowest BCUT2D eigenvalue weighted by molar-refractivity contribution is 0.142. The van der Waals surface area contributed by atoms with Gasteiger partial charge in [0.1, 0.15) is 0 Å². The lowest BCUT2D eigenvalue weighted by Gasteiger charge is -2.14. The van der Waals surface area contributed by atoms with Gasteiger partial charge in [0.2, 0.25) is 0 Å². The van der Waals surface area contributed by atoms with Crippen LogP contribution in [0.2, 0.25) is 0 Å². The van der Waals surface area contributed by atoms with Crippen molar-refractivity contribution in [2.75, 3.05) is 26.0 Å². The predicted octanol–water partition coefficient (Wildman–Crippen LogP) is 1.18. The van der Waals surface area contributed by atoms with Crippen LogP contribution in [0.15, 0.2) is 30.3 Å². The molecule has 0 unspecified atom stereocenters. The first-order valence-electron chi connectivity index (χ1n) is 6.49. The average Bonchev–Trinajstić information content (AvgIpc) is 3.10. The summed E-state index contributed by atoms with van der Waals surface area (Å²) in [6.07, 6.45) is 0. The Morgan fingerprint density at radius 3 is 2.42 bits per heavy atom. The van der Waals surface area contributed by atoms with Gasteiger partial charge in [0.25, 0.3) is 0 Å². The Morgan fingerprint density at radius 1 is 1.32 bits per heavy atom. The monoisotopic (exact) mass is 283 g/mol. The summed E-state index contributed by atoms with van der Waals surface area (Å²) in [6.45, 7) is 2.39. The molecule has 1 fully saturated rings. The number of hydrogen-bond donors (Lipinski definition) is 1. The molecule has 3 atom stereocenters. The molecule has 2 N–H and O–H groups in total. The summed E-state index contributed by atoms with van der Waals surface area (Å²) in [5.41, 5.74) is 6.45. The van der Waals surface area contributed by atoms with E-state index in [1.54, 1.807) is 14.0 Å². The SMILES string of the molecule is CCS(=O)(=O)[C@H]1[C@H](c2ccccc2)[C@@]1(CN)COC. The summed E-state index contributed by atoms with van der Waals surface area (Å²) in [5.74, 6) is 0.0931. The highest BCUT2D eigenvalue weighted by atomic mass is 32.2. The third kappa shape index (κ3) is 2.30. The Labute approximate surface area is 114 Å². The Morgan fingerprint density at radius 2 is 1.95 bits per heavy atom. The lowest BCUT2D eigenvalue weighted by Crippen LogP contribution is -2.28. The zero-order chi connectivity index (χ0) is 14.1. The van der Waals surface area contributed by atoms with Gasteiger partial charge in [0.15, 0.2) is 9.84 Å². The molecule has 0 aliphatic heterocycles. The highest BCUT2D eigenvalue weighted by molar-refractivity contribution is 7.92. The van der Waals surface area contributed by atoms with Crippen molar-refractivity contribution >= 4 is 9.84 Å². The summed E-state index contributed by atoms with van der Waals surface area (Å²) in [6, 6.07) is 9.72. The standard InChI is InChI=1S/C14H21NO3S/c1-3-19(16,17)13-12(11-7-5-4-6-8-11)14(13,9-15)10-18-2/h4-8,12-13H,3,9-10,15H2,1-2H3/t12-,13-,14+/m0/s1. The normalized spacial score (nSPS) is 30.3. The van der Waals surface area contributed by atoms with Crippen molar-refractivity contribution in [1.29, 1.82) is 0 Å². The molecule has 0 heterocycles. The van der Waals surface area contributed by atoms with E-state index >= 15 is 0 Å².